The number of nitrogens with zero attached hydrogens (tertiary/aromatic N) is 1. The molecule has 0 saturated carbocycles. The van der Waals surface area contributed by atoms with Crippen molar-refractivity contribution < 1.29 is 14.6 Å². The van der Waals surface area contributed by atoms with Gasteiger partial charge in [-0.25, -0.2) is 0 Å². The molecule has 2 rings (SSSR count). The molecule has 0 bridgehead atoms. The maximum Gasteiger partial charge on any atom is 0.266 e. The number of carbonyl (C=O) groups excluding carboxylic acids is 1. The van der Waals surface area contributed by atoms with E-state index < -0.39 is 5.91 Å². The van der Waals surface area contributed by atoms with Gasteiger partial charge >= 0.3 is 0 Å². The normalized spacial score (nSPS) is 10.8. The van der Waals surface area contributed by atoms with E-state index in [1.807, 2.05) is 0 Å². The zero-order valence-corrected chi connectivity index (χ0v) is 14.0. The number of nitrogens with one attached hydrogen (secondary N) is 1. The first-order valence-electron chi connectivity index (χ1n) is 6.70. The molecule has 24 heavy (non-hydrogen) atoms. The zero-order chi connectivity index (χ0) is 17.7. The Bertz CT molecular complexity index is 840. The Morgan fingerprint density at radius 2 is 1.96 bits per heavy atom. The summed E-state index contributed by atoms with van der Waals surface area (Å²) in [7, 11) is 1.53. The van der Waals surface area contributed by atoms with E-state index in [-0.39, 0.29) is 26.9 Å². The number of ether oxygens (including phenoxy) is 1. The fourth-order valence-corrected chi connectivity index (χ4v) is 2.38. The minimum absolute atomic E-state index is 0.0293. The van der Waals surface area contributed by atoms with Crippen LogP contribution < -0.4 is 10.1 Å². The Morgan fingerprint density at radius 3 is 2.54 bits per heavy atom. The van der Waals surface area contributed by atoms with Crippen LogP contribution in [0.5, 0.6) is 11.5 Å². The Labute approximate surface area is 148 Å². The van der Waals surface area contributed by atoms with E-state index in [4.69, 9.17) is 27.9 Å². The first-order valence-corrected chi connectivity index (χ1v) is 7.45. The van der Waals surface area contributed by atoms with Crippen molar-refractivity contribution in [1.82, 2.24) is 0 Å². The van der Waals surface area contributed by atoms with Crippen molar-refractivity contribution >= 4 is 40.9 Å². The summed E-state index contributed by atoms with van der Waals surface area (Å²) >= 11 is 11.7. The number of halogens is 2. The highest BCUT2D eigenvalue weighted by Crippen LogP contribution is 2.32. The predicted molar refractivity (Wildman–Crippen MR) is 93.3 cm³/mol. The second kappa shape index (κ2) is 7.73. The van der Waals surface area contributed by atoms with E-state index in [0.717, 1.165) is 0 Å². The number of benzene rings is 2. The number of hydrogen-bond donors (Lipinski definition) is 2. The van der Waals surface area contributed by atoms with Gasteiger partial charge < -0.3 is 15.2 Å². The van der Waals surface area contributed by atoms with Gasteiger partial charge in [-0.05, 0) is 42.5 Å². The highest BCUT2D eigenvalue weighted by molar-refractivity contribution is 6.36. The third kappa shape index (κ3) is 4.19. The number of carbonyl (C=O) groups is 1. The molecule has 0 saturated heterocycles. The summed E-state index contributed by atoms with van der Waals surface area (Å²) in [4.78, 5) is 12.2. The van der Waals surface area contributed by atoms with Crippen LogP contribution in [-0.4, -0.2) is 18.1 Å². The molecule has 0 unspecified atom stereocenters. The number of methoxy groups -OCH3 is 1. The monoisotopic (exact) mass is 362 g/mol. The van der Waals surface area contributed by atoms with Crippen molar-refractivity contribution in [3.05, 3.63) is 57.6 Å². The minimum Gasteiger partial charge on any atom is -0.506 e. The van der Waals surface area contributed by atoms with E-state index in [2.05, 4.69) is 5.32 Å². The van der Waals surface area contributed by atoms with Crippen LogP contribution in [0.3, 0.4) is 0 Å². The number of phenolic OH excluding ortho intramolecular Hbond substituents is 1. The molecule has 1 amide bonds. The molecule has 0 aliphatic carbocycles. The molecule has 0 aliphatic heterocycles. The van der Waals surface area contributed by atoms with Crippen LogP contribution in [0.4, 0.5) is 5.69 Å². The molecule has 2 aromatic rings. The lowest BCUT2D eigenvalue weighted by Gasteiger charge is -2.07. The lowest BCUT2D eigenvalue weighted by atomic mass is 10.1. The average Bonchev–Trinajstić information content (AvgIpc) is 2.57. The van der Waals surface area contributed by atoms with Crippen molar-refractivity contribution in [2.24, 2.45) is 0 Å². The molecule has 0 aromatic heterocycles. The molecule has 2 aromatic carbocycles. The van der Waals surface area contributed by atoms with Gasteiger partial charge in [0.2, 0.25) is 0 Å². The Morgan fingerprint density at radius 1 is 1.29 bits per heavy atom. The molecule has 2 N–H and O–H groups in total. The highest BCUT2D eigenvalue weighted by Gasteiger charge is 2.13. The Kier molecular flexibility index (Phi) is 5.69. The highest BCUT2D eigenvalue weighted by atomic mass is 35.5. The molecule has 0 spiro atoms. The van der Waals surface area contributed by atoms with Crippen molar-refractivity contribution in [2.45, 2.75) is 0 Å². The second-order valence-corrected chi connectivity index (χ2v) is 5.52. The molecular formula is C17H12Cl2N2O3. The van der Waals surface area contributed by atoms with Gasteiger partial charge in [0.1, 0.15) is 23.1 Å². The maximum absolute atomic E-state index is 12.2. The summed E-state index contributed by atoms with van der Waals surface area (Å²) in [6, 6.07) is 11.2. The Balaban J connectivity index is 2.27. The maximum atomic E-state index is 12.2. The van der Waals surface area contributed by atoms with Crippen molar-refractivity contribution in [3.8, 4) is 17.6 Å². The summed E-state index contributed by atoms with van der Waals surface area (Å²) in [6.07, 6.45) is 1.21. The number of nitriles is 1. The molecular weight excluding hydrogens is 351 g/mol. The van der Waals surface area contributed by atoms with Crippen LogP contribution in [0.2, 0.25) is 10.0 Å². The predicted octanol–water partition coefficient (Wildman–Crippen LogP) is 4.25. The molecule has 0 fully saturated rings. The fraction of sp³-hybridized carbons (Fsp3) is 0.0588. The van der Waals surface area contributed by atoms with Gasteiger partial charge in [0, 0.05) is 16.3 Å². The van der Waals surface area contributed by atoms with Crippen molar-refractivity contribution in [3.63, 3.8) is 0 Å². The number of anilines is 1. The first kappa shape index (κ1) is 17.7. The summed E-state index contributed by atoms with van der Waals surface area (Å²) < 4.78 is 5.03. The van der Waals surface area contributed by atoms with Crippen LogP contribution in [0.1, 0.15) is 5.56 Å². The third-order valence-corrected chi connectivity index (χ3v) is 3.58. The van der Waals surface area contributed by atoms with E-state index in [0.29, 0.717) is 11.4 Å². The van der Waals surface area contributed by atoms with Crippen LogP contribution in [0.25, 0.3) is 6.08 Å². The van der Waals surface area contributed by atoms with Gasteiger partial charge in [0.05, 0.1) is 12.1 Å². The fourth-order valence-electron chi connectivity index (χ4n) is 1.87. The lowest BCUT2D eigenvalue weighted by molar-refractivity contribution is -0.112. The molecule has 7 heteroatoms. The number of phenols is 1. The SMILES string of the molecule is COc1ccc(NC(=O)/C(C#N)=C\c2cc(Cl)cc(Cl)c2O)cc1. The van der Waals surface area contributed by atoms with E-state index in [1.54, 1.807) is 30.3 Å². The Hall–Kier alpha value is -2.68. The summed E-state index contributed by atoms with van der Waals surface area (Å²) in [5.41, 5.74) is 0.462. The topological polar surface area (TPSA) is 82.3 Å². The van der Waals surface area contributed by atoms with E-state index in [1.165, 1.54) is 25.3 Å². The van der Waals surface area contributed by atoms with Crippen LogP contribution in [-0.2, 0) is 4.79 Å². The van der Waals surface area contributed by atoms with Gasteiger partial charge in [0.25, 0.3) is 5.91 Å². The van der Waals surface area contributed by atoms with E-state index in [9.17, 15) is 15.2 Å². The van der Waals surface area contributed by atoms with Crippen LogP contribution >= 0.6 is 23.2 Å². The second-order valence-electron chi connectivity index (χ2n) is 4.68. The molecule has 5 nitrogen and oxygen atoms in total. The average molecular weight is 363 g/mol. The molecule has 0 atom stereocenters. The summed E-state index contributed by atoms with van der Waals surface area (Å²) in [6.45, 7) is 0. The first-order chi connectivity index (χ1) is 11.4. The smallest absolute Gasteiger partial charge is 0.266 e. The molecule has 122 valence electrons. The zero-order valence-electron chi connectivity index (χ0n) is 12.5. The summed E-state index contributed by atoms with van der Waals surface area (Å²) in [5.74, 6) is -0.244. The van der Waals surface area contributed by atoms with Crippen molar-refractivity contribution in [1.29, 1.82) is 5.26 Å². The molecule has 0 heterocycles. The standard InChI is InChI=1S/C17H12Cl2N2O3/c1-24-14-4-2-13(3-5-14)21-17(23)11(9-20)6-10-7-12(18)8-15(19)16(10)22/h2-8,22H,1H3,(H,21,23)/b11-6-. The quantitative estimate of drug-likeness (QED) is 0.628. The molecule has 0 radical (unpaired) electrons. The van der Waals surface area contributed by atoms with Gasteiger partial charge in [0.15, 0.2) is 0 Å². The van der Waals surface area contributed by atoms with Gasteiger partial charge in [-0.1, -0.05) is 23.2 Å². The summed E-state index contributed by atoms with van der Waals surface area (Å²) in [5, 5.41) is 22.0. The van der Waals surface area contributed by atoms with Crippen LogP contribution in [0.15, 0.2) is 42.0 Å². The molecule has 0 aliphatic rings. The lowest BCUT2D eigenvalue weighted by Crippen LogP contribution is -2.13. The van der Waals surface area contributed by atoms with Crippen LogP contribution in [0, 0.1) is 11.3 Å². The van der Waals surface area contributed by atoms with Gasteiger partial charge in [-0.15, -0.1) is 0 Å². The largest absolute Gasteiger partial charge is 0.506 e. The number of rotatable bonds is 4. The van der Waals surface area contributed by atoms with Gasteiger partial charge in [-0.3, -0.25) is 4.79 Å². The third-order valence-electron chi connectivity index (χ3n) is 3.07. The number of amides is 1. The van der Waals surface area contributed by atoms with Gasteiger partial charge in [-0.2, -0.15) is 5.26 Å². The number of hydrogen-bond acceptors (Lipinski definition) is 4. The minimum atomic E-state index is -0.627. The van der Waals surface area contributed by atoms with E-state index >= 15 is 0 Å². The number of aromatic hydroxyl groups is 1. The van der Waals surface area contributed by atoms with Crippen molar-refractivity contribution in [2.75, 3.05) is 12.4 Å².